The first-order valence-electron chi connectivity index (χ1n) is 6.73. The zero-order valence-corrected chi connectivity index (χ0v) is 11.8. The van der Waals surface area contributed by atoms with E-state index in [2.05, 4.69) is 19.2 Å². The van der Waals surface area contributed by atoms with E-state index in [0.29, 0.717) is 17.8 Å². The number of rotatable bonds is 3. The number of halogens is 2. The van der Waals surface area contributed by atoms with Gasteiger partial charge in [-0.25, -0.2) is 4.39 Å². The van der Waals surface area contributed by atoms with Gasteiger partial charge in [-0.3, -0.25) is 0 Å². The molecule has 0 amide bonds. The highest BCUT2D eigenvalue weighted by atomic mass is 35.5. The highest BCUT2D eigenvalue weighted by Gasteiger charge is 2.27. The van der Waals surface area contributed by atoms with E-state index in [0.717, 1.165) is 19.5 Å². The Morgan fingerprint density at radius 1 is 1.44 bits per heavy atom. The summed E-state index contributed by atoms with van der Waals surface area (Å²) in [4.78, 5) is 0. The quantitative estimate of drug-likeness (QED) is 0.866. The van der Waals surface area contributed by atoms with Gasteiger partial charge in [-0.15, -0.1) is 0 Å². The summed E-state index contributed by atoms with van der Waals surface area (Å²) in [6.07, 6.45) is 2.31. The molecule has 1 saturated heterocycles. The van der Waals surface area contributed by atoms with E-state index >= 15 is 0 Å². The maximum Gasteiger partial charge on any atom is 0.141 e. The fourth-order valence-electron chi connectivity index (χ4n) is 2.96. The lowest BCUT2D eigenvalue weighted by Gasteiger charge is -2.33. The molecule has 18 heavy (non-hydrogen) atoms. The Bertz CT molecular complexity index is 405. The van der Waals surface area contributed by atoms with Crippen molar-refractivity contribution >= 4 is 11.6 Å². The van der Waals surface area contributed by atoms with Crippen LogP contribution in [0.1, 0.15) is 38.2 Å². The zero-order valence-electron chi connectivity index (χ0n) is 11.0. The minimum Gasteiger partial charge on any atom is -0.316 e. The monoisotopic (exact) mass is 269 g/mol. The lowest BCUT2D eigenvalue weighted by atomic mass is 9.77. The van der Waals surface area contributed by atoms with Gasteiger partial charge in [-0.05, 0) is 61.4 Å². The molecule has 1 aliphatic rings. The van der Waals surface area contributed by atoms with Crippen molar-refractivity contribution in [1.29, 1.82) is 0 Å². The molecule has 0 radical (unpaired) electrons. The van der Waals surface area contributed by atoms with Crippen molar-refractivity contribution < 1.29 is 4.39 Å². The molecule has 2 rings (SSSR count). The van der Waals surface area contributed by atoms with Crippen LogP contribution in [0.25, 0.3) is 0 Å². The molecule has 1 nitrogen and oxygen atoms in total. The number of benzene rings is 1. The smallest absolute Gasteiger partial charge is 0.141 e. The topological polar surface area (TPSA) is 12.0 Å². The van der Waals surface area contributed by atoms with Crippen LogP contribution in [-0.2, 0) is 0 Å². The van der Waals surface area contributed by atoms with Crippen LogP contribution in [0, 0.1) is 17.7 Å². The van der Waals surface area contributed by atoms with Crippen molar-refractivity contribution in [2.24, 2.45) is 11.8 Å². The second kappa shape index (κ2) is 6.03. The molecule has 0 aromatic heterocycles. The van der Waals surface area contributed by atoms with Crippen LogP contribution in [0.3, 0.4) is 0 Å². The standard InChI is InChI=1S/C15H21ClFN/c1-10(2)7-12-9-18-6-5-13(12)11-3-4-15(17)14(16)8-11/h3-4,8,10,12-13,18H,5-7,9H2,1-2H3. The number of nitrogens with one attached hydrogen (secondary N) is 1. The molecule has 1 heterocycles. The zero-order chi connectivity index (χ0) is 13.1. The van der Waals surface area contributed by atoms with E-state index < -0.39 is 0 Å². The van der Waals surface area contributed by atoms with Gasteiger partial charge in [0.25, 0.3) is 0 Å². The lowest BCUT2D eigenvalue weighted by Crippen LogP contribution is -2.36. The minimum atomic E-state index is -0.324. The Morgan fingerprint density at radius 3 is 2.89 bits per heavy atom. The third-order valence-electron chi connectivity index (χ3n) is 3.75. The molecule has 3 heteroatoms. The Morgan fingerprint density at radius 2 is 2.22 bits per heavy atom. The van der Waals surface area contributed by atoms with Gasteiger partial charge in [-0.1, -0.05) is 31.5 Å². The fourth-order valence-corrected chi connectivity index (χ4v) is 3.15. The summed E-state index contributed by atoms with van der Waals surface area (Å²) in [7, 11) is 0. The Balaban J connectivity index is 2.19. The molecule has 2 unspecified atom stereocenters. The highest BCUT2D eigenvalue weighted by molar-refractivity contribution is 6.30. The van der Waals surface area contributed by atoms with E-state index in [1.807, 2.05) is 6.07 Å². The Kier molecular flexibility index (Phi) is 4.63. The summed E-state index contributed by atoms with van der Waals surface area (Å²) >= 11 is 5.90. The van der Waals surface area contributed by atoms with Crippen LogP contribution in [0.2, 0.25) is 5.02 Å². The molecule has 1 fully saturated rings. The number of hydrogen-bond donors (Lipinski definition) is 1. The molecule has 0 spiro atoms. The third kappa shape index (κ3) is 3.24. The highest BCUT2D eigenvalue weighted by Crippen LogP contribution is 2.35. The number of piperidine rings is 1. The van der Waals surface area contributed by atoms with Gasteiger partial charge in [0.1, 0.15) is 5.82 Å². The normalized spacial score (nSPS) is 24.5. The average Bonchev–Trinajstić information content (AvgIpc) is 2.33. The maximum absolute atomic E-state index is 13.2. The van der Waals surface area contributed by atoms with Gasteiger partial charge in [0.05, 0.1) is 5.02 Å². The average molecular weight is 270 g/mol. The summed E-state index contributed by atoms with van der Waals surface area (Å²) in [6.45, 7) is 6.60. The molecule has 1 aliphatic heterocycles. The molecule has 1 N–H and O–H groups in total. The van der Waals surface area contributed by atoms with Crippen molar-refractivity contribution in [2.45, 2.75) is 32.6 Å². The summed E-state index contributed by atoms with van der Waals surface area (Å²) < 4.78 is 13.2. The van der Waals surface area contributed by atoms with Crippen LogP contribution in [0.5, 0.6) is 0 Å². The van der Waals surface area contributed by atoms with Crippen LogP contribution in [0.4, 0.5) is 4.39 Å². The first-order valence-corrected chi connectivity index (χ1v) is 7.11. The van der Waals surface area contributed by atoms with Crippen molar-refractivity contribution in [3.8, 4) is 0 Å². The van der Waals surface area contributed by atoms with E-state index in [4.69, 9.17) is 11.6 Å². The summed E-state index contributed by atoms with van der Waals surface area (Å²) in [5.74, 6) is 1.50. The number of hydrogen-bond acceptors (Lipinski definition) is 1. The second-order valence-electron chi connectivity index (χ2n) is 5.66. The van der Waals surface area contributed by atoms with Gasteiger partial charge in [0.15, 0.2) is 0 Å². The maximum atomic E-state index is 13.2. The van der Waals surface area contributed by atoms with Crippen molar-refractivity contribution in [3.63, 3.8) is 0 Å². The molecule has 100 valence electrons. The lowest BCUT2D eigenvalue weighted by molar-refractivity contribution is 0.280. The van der Waals surface area contributed by atoms with Gasteiger partial charge in [-0.2, -0.15) is 0 Å². The van der Waals surface area contributed by atoms with E-state index in [1.165, 1.54) is 18.1 Å². The van der Waals surface area contributed by atoms with E-state index in [-0.39, 0.29) is 10.8 Å². The van der Waals surface area contributed by atoms with E-state index in [1.54, 1.807) is 6.07 Å². The molecule has 0 bridgehead atoms. The van der Waals surface area contributed by atoms with Gasteiger partial charge in [0.2, 0.25) is 0 Å². The predicted octanol–water partition coefficient (Wildman–Crippen LogP) is 4.22. The molecule has 1 aromatic carbocycles. The second-order valence-corrected chi connectivity index (χ2v) is 6.07. The molecule has 2 atom stereocenters. The first kappa shape index (κ1) is 13.8. The van der Waals surface area contributed by atoms with Gasteiger partial charge < -0.3 is 5.32 Å². The van der Waals surface area contributed by atoms with Crippen LogP contribution in [0.15, 0.2) is 18.2 Å². The van der Waals surface area contributed by atoms with Crippen molar-refractivity contribution in [1.82, 2.24) is 5.32 Å². The van der Waals surface area contributed by atoms with Gasteiger partial charge >= 0.3 is 0 Å². The SMILES string of the molecule is CC(C)CC1CNCCC1c1ccc(F)c(Cl)c1. The summed E-state index contributed by atoms with van der Waals surface area (Å²) in [6, 6.07) is 5.19. The molecule has 0 saturated carbocycles. The largest absolute Gasteiger partial charge is 0.316 e. The fraction of sp³-hybridized carbons (Fsp3) is 0.600. The predicted molar refractivity (Wildman–Crippen MR) is 74.6 cm³/mol. The van der Waals surface area contributed by atoms with Gasteiger partial charge in [0, 0.05) is 0 Å². The Labute approximate surface area is 114 Å². The Hall–Kier alpha value is -0.600. The molecule has 1 aromatic rings. The molecular formula is C15H21ClFN. The van der Waals surface area contributed by atoms with Crippen molar-refractivity contribution in [2.75, 3.05) is 13.1 Å². The minimum absolute atomic E-state index is 0.245. The summed E-state index contributed by atoms with van der Waals surface area (Å²) in [5, 5.41) is 3.70. The van der Waals surface area contributed by atoms with Crippen LogP contribution < -0.4 is 5.32 Å². The van der Waals surface area contributed by atoms with Crippen LogP contribution >= 0.6 is 11.6 Å². The molecule has 0 aliphatic carbocycles. The summed E-state index contributed by atoms with van der Waals surface area (Å²) in [5.41, 5.74) is 1.19. The first-order chi connectivity index (χ1) is 8.58. The third-order valence-corrected chi connectivity index (χ3v) is 4.04. The van der Waals surface area contributed by atoms with Crippen molar-refractivity contribution in [3.05, 3.63) is 34.6 Å². The van der Waals surface area contributed by atoms with E-state index in [9.17, 15) is 4.39 Å². The molecular weight excluding hydrogens is 249 g/mol. The van der Waals surface area contributed by atoms with Crippen LogP contribution in [-0.4, -0.2) is 13.1 Å².